The number of benzene rings is 2. The third-order valence-electron chi connectivity index (χ3n) is 4.73. The van der Waals surface area contributed by atoms with E-state index in [1.807, 2.05) is 54.3 Å². The Bertz CT molecular complexity index is 927. The third kappa shape index (κ3) is 2.44. The number of nitrogens with zero attached hydrogens (tertiary/aromatic N) is 1. The van der Waals surface area contributed by atoms with Crippen molar-refractivity contribution >= 4 is 16.8 Å². The van der Waals surface area contributed by atoms with Gasteiger partial charge in [-0.05, 0) is 37.3 Å². The molecule has 2 aromatic carbocycles. The van der Waals surface area contributed by atoms with Gasteiger partial charge in [-0.25, -0.2) is 0 Å². The summed E-state index contributed by atoms with van der Waals surface area (Å²) in [6, 6.07) is 13.8. The molecule has 0 aliphatic carbocycles. The molecular formula is C20H20N2O2. The quantitative estimate of drug-likeness (QED) is 0.783. The molecule has 1 aliphatic heterocycles. The fraction of sp³-hybridized carbons (Fsp3) is 0.250. The maximum atomic E-state index is 12.8. The number of aryl methyl sites for hydroxylation is 1. The van der Waals surface area contributed by atoms with E-state index in [0.717, 1.165) is 40.7 Å². The lowest BCUT2D eigenvalue weighted by Gasteiger charge is -2.27. The second-order valence-electron chi connectivity index (χ2n) is 6.34. The molecular weight excluding hydrogens is 300 g/mol. The molecule has 0 bridgehead atoms. The Hall–Kier alpha value is -2.75. The van der Waals surface area contributed by atoms with Gasteiger partial charge in [0.15, 0.2) is 0 Å². The van der Waals surface area contributed by atoms with Crippen LogP contribution in [0.25, 0.3) is 10.9 Å². The van der Waals surface area contributed by atoms with Crippen LogP contribution in [0.4, 0.5) is 0 Å². The van der Waals surface area contributed by atoms with Gasteiger partial charge in [-0.2, -0.15) is 0 Å². The molecule has 0 unspecified atom stereocenters. The topological polar surface area (TPSA) is 45.3 Å². The van der Waals surface area contributed by atoms with Crippen LogP contribution in [-0.4, -0.2) is 29.4 Å². The minimum atomic E-state index is 0.0987. The van der Waals surface area contributed by atoms with E-state index in [1.54, 1.807) is 7.11 Å². The summed E-state index contributed by atoms with van der Waals surface area (Å²) in [4.78, 5) is 18.3. The zero-order valence-corrected chi connectivity index (χ0v) is 13.9. The third-order valence-corrected chi connectivity index (χ3v) is 4.73. The molecule has 1 aromatic heterocycles. The summed E-state index contributed by atoms with van der Waals surface area (Å²) in [5.41, 5.74) is 5.40. The van der Waals surface area contributed by atoms with Crippen LogP contribution < -0.4 is 4.74 Å². The smallest absolute Gasteiger partial charge is 0.254 e. The maximum absolute atomic E-state index is 12.8. The number of carbonyl (C=O) groups excluding carboxylic acids is 1. The molecule has 4 heteroatoms. The van der Waals surface area contributed by atoms with E-state index in [-0.39, 0.29) is 5.91 Å². The number of nitrogens with one attached hydrogen (secondary N) is 1. The summed E-state index contributed by atoms with van der Waals surface area (Å²) < 4.78 is 5.35. The van der Waals surface area contributed by atoms with Crippen molar-refractivity contribution in [3.63, 3.8) is 0 Å². The first-order valence-electron chi connectivity index (χ1n) is 8.19. The molecule has 3 aromatic rings. The first-order chi connectivity index (χ1) is 11.7. The Balaban J connectivity index is 1.68. The number of hydrogen-bond donors (Lipinski definition) is 1. The maximum Gasteiger partial charge on any atom is 0.254 e. The van der Waals surface area contributed by atoms with E-state index in [2.05, 4.69) is 4.98 Å². The predicted molar refractivity (Wildman–Crippen MR) is 94.5 cm³/mol. The molecule has 0 atom stereocenters. The number of fused-ring (bicyclic) bond motifs is 3. The standard InChI is InChI=1S/C20H20N2O2/c1-13-4-3-5-14(10-13)20(23)22-9-8-19-17(12-22)16-11-15(24-2)6-7-18(16)21-19/h3-7,10-11,21H,8-9,12H2,1-2H3. The van der Waals surface area contributed by atoms with Crippen molar-refractivity contribution in [1.82, 2.24) is 9.88 Å². The molecule has 1 N–H and O–H groups in total. The number of H-pyrrole nitrogens is 1. The zero-order chi connectivity index (χ0) is 16.7. The van der Waals surface area contributed by atoms with Crippen molar-refractivity contribution in [2.24, 2.45) is 0 Å². The van der Waals surface area contributed by atoms with Gasteiger partial charge in [-0.3, -0.25) is 4.79 Å². The zero-order valence-electron chi connectivity index (χ0n) is 13.9. The SMILES string of the molecule is COc1ccc2[nH]c3c(c2c1)CN(C(=O)c1cccc(C)c1)CC3. The minimum Gasteiger partial charge on any atom is -0.497 e. The number of hydrogen-bond acceptors (Lipinski definition) is 2. The summed E-state index contributed by atoms with van der Waals surface area (Å²) in [5.74, 6) is 0.938. The van der Waals surface area contributed by atoms with E-state index in [1.165, 1.54) is 11.3 Å². The fourth-order valence-corrected chi connectivity index (χ4v) is 3.45. The first kappa shape index (κ1) is 14.8. The lowest BCUT2D eigenvalue weighted by molar-refractivity contribution is 0.0735. The van der Waals surface area contributed by atoms with Crippen molar-refractivity contribution < 1.29 is 9.53 Å². The van der Waals surface area contributed by atoms with Crippen LogP contribution in [0.1, 0.15) is 27.2 Å². The van der Waals surface area contributed by atoms with Crippen molar-refractivity contribution in [2.45, 2.75) is 19.9 Å². The molecule has 0 spiro atoms. The van der Waals surface area contributed by atoms with Gasteiger partial charge in [-0.15, -0.1) is 0 Å². The Kier molecular flexibility index (Phi) is 3.53. The summed E-state index contributed by atoms with van der Waals surface area (Å²) in [7, 11) is 1.67. The van der Waals surface area contributed by atoms with E-state index >= 15 is 0 Å². The van der Waals surface area contributed by atoms with Gasteiger partial charge in [0.1, 0.15) is 5.75 Å². The molecule has 2 heterocycles. The van der Waals surface area contributed by atoms with Crippen LogP contribution in [0.2, 0.25) is 0 Å². The van der Waals surface area contributed by atoms with E-state index in [4.69, 9.17) is 4.74 Å². The summed E-state index contributed by atoms with van der Waals surface area (Å²) in [6.45, 7) is 3.38. The average Bonchev–Trinajstić information content (AvgIpc) is 2.98. The van der Waals surface area contributed by atoms with E-state index in [0.29, 0.717) is 6.54 Å². The highest BCUT2D eigenvalue weighted by Crippen LogP contribution is 2.31. The van der Waals surface area contributed by atoms with E-state index in [9.17, 15) is 4.79 Å². The minimum absolute atomic E-state index is 0.0987. The van der Waals surface area contributed by atoms with Crippen LogP contribution in [0.5, 0.6) is 5.75 Å². The number of rotatable bonds is 2. The van der Waals surface area contributed by atoms with E-state index < -0.39 is 0 Å². The second kappa shape index (κ2) is 5.71. The number of methoxy groups -OCH3 is 1. The Morgan fingerprint density at radius 1 is 1.21 bits per heavy atom. The molecule has 122 valence electrons. The van der Waals surface area contributed by atoms with Crippen molar-refractivity contribution in [2.75, 3.05) is 13.7 Å². The number of aromatic nitrogens is 1. The van der Waals surface area contributed by atoms with Crippen molar-refractivity contribution in [3.05, 3.63) is 64.8 Å². The number of amides is 1. The number of aromatic amines is 1. The van der Waals surface area contributed by atoms with Crippen LogP contribution in [0.15, 0.2) is 42.5 Å². The molecule has 0 saturated carbocycles. The lowest BCUT2D eigenvalue weighted by Crippen LogP contribution is -2.35. The summed E-state index contributed by atoms with van der Waals surface area (Å²) >= 11 is 0. The molecule has 1 amide bonds. The van der Waals surface area contributed by atoms with Gasteiger partial charge in [0.2, 0.25) is 0 Å². The van der Waals surface area contributed by atoms with Crippen LogP contribution >= 0.6 is 0 Å². The highest BCUT2D eigenvalue weighted by atomic mass is 16.5. The second-order valence-corrected chi connectivity index (χ2v) is 6.34. The normalized spacial score (nSPS) is 13.8. The van der Waals surface area contributed by atoms with Gasteiger partial charge in [-0.1, -0.05) is 17.7 Å². The van der Waals surface area contributed by atoms with Gasteiger partial charge in [0.25, 0.3) is 5.91 Å². The van der Waals surface area contributed by atoms with Gasteiger partial charge >= 0.3 is 0 Å². The monoisotopic (exact) mass is 320 g/mol. The number of ether oxygens (including phenoxy) is 1. The Morgan fingerprint density at radius 3 is 2.88 bits per heavy atom. The highest BCUT2D eigenvalue weighted by Gasteiger charge is 2.25. The van der Waals surface area contributed by atoms with Crippen molar-refractivity contribution in [3.8, 4) is 5.75 Å². The molecule has 4 rings (SSSR count). The highest BCUT2D eigenvalue weighted by molar-refractivity contribution is 5.95. The van der Waals surface area contributed by atoms with Crippen molar-refractivity contribution in [1.29, 1.82) is 0 Å². The number of carbonyl (C=O) groups is 1. The van der Waals surface area contributed by atoms with Gasteiger partial charge in [0.05, 0.1) is 7.11 Å². The molecule has 1 aliphatic rings. The summed E-state index contributed by atoms with van der Waals surface area (Å²) in [6.07, 6.45) is 0.851. The molecule has 0 fully saturated rings. The van der Waals surface area contributed by atoms with Crippen LogP contribution in [0.3, 0.4) is 0 Å². The molecule has 0 saturated heterocycles. The predicted octanol–water partition coefficient (Wildman–Crippen LogP) is 3.68. The van der Waals surface area contributed by atoms with Crippen LogP contribution in [-0.2, 0) is 13.0 Å². The largest absolute Gasteiger partial charge is 0.497 e. The fourth-order valence-electron chi connectivity index (χ4n) is 3.45. The Morgan fingerprint density at radius 2 is 2.08 bits per heavy atom. The Labute approximate surface area is 141 Å². The lowest BCUT2D eigenvalue weighted by atomic mass is 10.0. The summed E-state index contributed by atoms with van der Waals surface area (Å²) in [5, 5.41) is 1.14. The van der Waals surface area contributed by atoms with Gasteiger partial charge < -0.3 is 14.6 Å². The molecule has 4 nitrogen and oxygen atoms in total. The average molecular weight is 320 g/mol. The van der Waals surface area contributed by atoms with Crippen LogP contribution in [0, 0.1) is 6.92 Å². The van der Waals surface area contributed by atoms with Gasteiger partial charge in [0, 0.05) is 47.2 Å². The molecule has 0 radical (unpaired) electrons. The molecule has 24 heavy (non-hydrogen) atoms. The first-order valence-corrected chi connectivity index (χ1v) is 8.19.